The summed E-state index contributed by atoms with van der Waals surface area (Å²) in [7, 11) is 0. The summed E-state index contributed by atoms with van der Waals surface area (Å²) in [6.07, 6.45) is 0. The largest absolute Gasteiger partial charge is 0 e. The molecule has 0 heterocycles. The summed E-state index contributed by atoms with van der Waals surface area (Å²) in [5.41, 5.74) is -1.22. The van der Waals surface area contributed by atoms with Crippen molar-refractivity contribution in [2.24, 2.45) is 0 Å². The Labute approximate surface area is 253 Å². The van der Waals surface area contributed by atoms with Crippen LogP contribution in [0.25, 0.3) is 0 Å². The monoisotopic (exact) mass is 718 g/mol. The van der Waals surface area contributed by atoms with Gasteiger partial charge in [0.1, 0.15) is 0 Å². The van der Waals surface area contributed by atoms with Gasteiger partial charge in [0, 0.05) is 37.7 Å². The molecule has 0 atom stereocenters. The first kappa shape index (κ1) is 40.1. The number of rotatable bonds is 6. The summed E-state index contributed by atoms with van der Waals surface area (Å²) in [5, 5.41) is 0. The Morgan fingerprint density at radius 3 is 0.424 bits per heavy atom. The van der Waals surface area contributed by atoms with E-state index in [-0.39, 0.29) is 71.3 Å². The molecule has 0 aromatic rings. The van der Waals surface area contributed by atoms with Gasteiger partial charge in [0.05, 0.1) is 0 Å². The maximum absolute atomic E-state index is 5.94. The Hall–Kier alpha value is 2.62. The predicted octanol–water partition coefficient (Wildman–Crippen LogP) is 6.45. The molecular weight excluding hydrogens is 662 g/mol. The molecule has 0 aliphatic carbocycles. The van der Waals surface area contributed by atoms with Crippen molar-refractivity contribution in [1.82, 2.24) is 0 Å². The van der Waals surface area contributed by atoms with Crippen LogP contribution in [0, 0.1) is 0 Å². The van der Waals surface area contributed by atoms with E-state index >= 15 is 0 Å². The molecule has 0 fully saturated rings. The van der Waals surface area contributed by atoms with Crippen molar-refractivity contribution < 1.29 is 18.4 Å². The van der Waals surface area contributed by atoms with E-state index in [1.165, 1.54) is 0 Å². The Balaban J connectivity index is -0.000000529. The van der Waals surface area contributed by atoms with Gasteiger partial charge in [0.25, 0.3) is 0 Å². The smallest absolute Gasteiger partial charge is 0 e. The van der Waals surface area contributed by atoms with Gasteiger partial charge in [0.15, 0.2) is 0 Å². The van der Waals surface area contributed by atoms with Crippen LogP contribution in [-0.2, 0) is 18.4 Å². The first-order chi connectivity index (χ1) is 13.6. The molecule has 0 rings (SSSR count). The van der Waals surface area contributed by atoms with E-state index in [4.69, 9.17) is 18.4 Å². The third-order valence-electron chi connectivity index (χ3n) is 2.34. The van der Waals surface area contributed by atoms with Crippen LogP contribution in [0.3, 0.4) is 0 Å². The van der Waals surface area contributed by atoms with E-state index in [2.05, 4.69) is 0 Å². The molecule has 0 bridgehead atoms. The second-order valence-corrected chi connectivity index (χ2v) is 20.1. The van der Waals surface area contributed by atoms with Gasteiger partial charge in [-0.25, -0.2) is 0 Å². The van der Waals surface area contributed by atoms with Crippen LogP contribution in [0.5, 0.6) is 0 Å². The molecule has 9 heteroatoms. The van der Waals surface area contributed by atoms with Crippen molar-refractivity contribution in [2.45, 2.75) is 158 Å². The molecule has 0 aromatic carbocycles. The van der Waals surface area contributed by atoms with Crippen LogP contribution in [0.1, 0.15) is 125 Å². The first-order valence-corrected chi connectivity index (χ1v) is 18.4. The topological polar surface area (TPSA) is 55.4 Å². The van der Waals surface area contributed by atoms with Crippen molar-refractivity contribution >= 4 is 79.7 Å². The third-order valence-corrected chi connectivity index (χ3v) is 15.7. The van der Waals surface area contributed by atoms with Crippen LogP contribution in [0.15, 0.2) is 0 Å². The molecular formula is C24H54CaO6Sn2. The maximum Gasteiger partial charge on any atom is 0 e. The molecule has 33 heavy (non-hydrogen) atoms. The Morgan fingerprint density at radius 1 is 0.273 bits per heavy atom. The zero-order valence-corrected chi connectivity index (χ0v) is 33.1. The fraction of sp³-hybridized carbons (Fsp3) is 1.00. The van der Waals surface area contributed by atoms with Gasteiger partial charge in [-0.15, -0.1) is 0 Å². The molecule has 0 N–H and O–H groups in total. The summed E-state index contributed by atoms with van der Waals surface area (Å²) in [6, 6.07) is 0. The summed E-state index contributed by atoms with van der Waals surface area (Å²) >= 11 is -5.44. The summed E-state index contributed by atoms with van der Waals surface area (Å²) in [4.78, 5) is 0. The minimum absolute atomic E-state index is 0. The standard InChI is InChI=1S/6C4H9O.Ca.2Sn/c6*1-4(2,3)5;;;/h6*1-3H3;;;/q6*-1;;2*+3. The average molecular weight is 716 g/mol. The minimum atomic E-state index is -2.72. The average Bonchev–Trinajstić information content (AvgIpc) is 2.24. The van der Waals surface area contributed by atoms with Gasteiger partial charge >= 0.3 is 219 Å². The molecule has 6 nitrogen and oxygen atoms in total. The summed E-state index contributed by atoms with van der Waals surface area (Å²) in [6.45, 7) is 36.6. The molecule has 0 aliphatic heterocycles. The zero-order chi connectivity index (χ0) is 26.4. The second kappa shape index (κ2) is 15.3. The van der Waals surface area contributed by atoms with Crippen LogP contribution < -0.4 is 0 Å². The third kappa shape index (κ3) is 34.6. The molecule has 0 aliphatic rings. The molecule has 196 valence electrons. The predicted molar refractivity (Wildman–Crippen MR) is 142 cm³/mol. The summed E-state index contributed by atoms with van der Waals surface area (Å²) in [5.74, 6) is 0. The normalized spacial score (nSPS) is 14.2. The van der Waals surface area contributed by atoms with Crippen LogP contribution in [0.2, 0.25) is 0 Å². The van der Waals surface area contributed by atoms with Crippen molar-refractivity contribution in [3.05, 3.63) is 0 Å². The zero-order valence-electron chi connectivity index (χ0n) is 25.2. The van der Waals surface area contributed by atoms with E-state index in [0.717, 1.165) is 0 Å². The van der Waals surface area contributed by atoms with Gasteiger partial charge in [-0.05, 0) is 0 Å². The van der Waals surface area contributed by atoms with Crippen LogP contribution in [0.4, 0.5) is 0 Å². The van der Waals surface area contributed by atoms with E-state index < -0.39 is 42.0 Å². The van der Waals surface area contributed by atoms with Crippen molar-refractivity contribution in [2.75, 3.05) is 0 Å². The van der Waals surface area contributed by atoms with Gasteiger partial charge in [0.2, 0.25) is 0 Å². The van der Waals surface area contributed by atoms with E-state index in [1.807, 2.05) is 125 Å². The van der Waals surface area contributed by atoms with E-state index in [1.54, 1.807) is 0 Å². The fourth-order valence-electron chi connectivity index (χ4n) is 1.63. The Morgan fingerprint density at radius 2 is 0.364 bits per heavy atom. The Kier molecular flexibility index (Phi) is 18.6. The first-order valence-electron chi connectivity index (χ1n) is 11.4. The fourth-order valence-corrected chi connectivity index (χ4v) is 10.9. The van der Waals surface area contributed by atoms with Gasteiger partial charge in [-0.1, -0.05) is 0 Å². The van der Waals surface area contributed by atoms with E-state index in [0.29, 0.717) is 0 Å². The quantitative estimate of drug-likeness (QED) is 0.295. The van der Waals surface area contributed by atoms with Crippen molar-refractivity contribution in [1.29, 1.82) is 0 Å². The molecule has 0 saturated heterocycles. The van der Waals surface area contributed by atoms with E-state index in [9.17, 15) is 0 Å². The van der Waals surface area contributed by atoms with Crippen molar-refractivity contribution in [3.8, 4) is 0 Å². The van der Waals surface area contributed by atoms with Gasteiger partial charge in [-0.3, -0.25) is 0 Å². The van der Waals surface area contributed by atoms with Crippen molar-refractivity contribution in [3.63, 3.8) is 0 Å². The molecule has 0 spiro atoms. The van der Waals surface area contributed by atoms with Gasteiger partial charge < -0.3 is 0 Å². The summed E-state index contributed by atoms with van der Waals surface area (Å²) < 4.78 is 35.7. The Bertz CT molecular complexity index is 394. The van der Waals surface area contributed by atoms with Crippen LogP contribution in [-0.4, -0.2) is 113 Å². The molecule has 0 aromatic heterocycles. The molecule has 0 saturated carbocycles. The SMILES string of the molecule is CC(C)(C)[O][Sn]([O]C(C)(C)C)[O]C(C)(C)C.CC(C)(C)[O][Sn]([O]C(C)(C)C)[O]C(C)(C)C.[Ca]. The number of hydrogen-bond donors (Lipinski definition) is 0. The molecule has 0 unspecified atom stereocenters. The second-order valence-electron chi connectivity index (χ2n) is 13.8. The number of hydrogen-bond acceptors (Lipinski definition) is 6. The molecule has 0 amide bonds. The molecule has 4 radical (unpaired) electrons. The van der Waals surface area contributed by atoms with Gasteiger partial charge in [-0.2, -0.15) is 0 Å². The minimum Gasteiger partial charge on any atom is 0 e. The maximum atomic E-state index is 5.94. The van der Waals surface area contributed by atoms with Crippen LogP contribution >= 0.6 is 0 Å².